The number of nitrogens with zero attached hydrogens (tertiary/aromatic N) is 1. The number of hydrogen-bond acceptors (Lipinski definition) is 3. The van der Waals surface area contributed by atoms with Crippen molar-refractivity contribution in [2.45, 2.75) is 64.5 Å². The number of aldehydes is 1. The van der Waals surface area contributed by atoms with Gasteiger partial charge < -0.3 is 14.4 Å². The van der Waals surface area contributed by atoms with Crippen LogP contribution in [0.3, 0.4) is 0 Å². The average Bonchev–Trinajstić information content (AvgIpc) is 3.07. The molecule has 1 saturated heterocycles. The molecule has 1 atom stereocenters. The van der Waals surface area contributed by atoms with E-state index in [1.807, 2.05) is 20.8 Å². The summed E-state index contributed by atoms with van der Waals surface area (Å²) < 4.78 is 5.45. The first-order chi connectivity index (χ1) is 8.38. The second kappa shape index (κ2) is 4.56. The Balaban J connectivity index is 2.08. The molecule has 1 aliphatic carbocycles. The van der Waals surface area contributed by atoms with Crippen LogP contribution in [0.25, 0.3) is 0 Å². The van der Waals surface area contributed by atoms with Gasteiger partial charge in [-0.25, -0.2) is 4.79 Å². The highest BCUT2D eigenvalue weighted by molar-refractivity contribution is 5.72. The topological polar surface area (TPSA) is 46.6 Å². The SMILES string of the molecule is CC(C)(C)OC(=O)N1CCCC[C@H]1C1(C=O)CC1. The predicted octanol–water partition coefficient (Wildman–Crippen LogP) is 2.76. The van der Waals surface area contributed by atoms with Crippen molar-refractivity contribution in [3.8, 4) is 0 Å². The van der Waals surface area contributed by atoms with E-state index >= 15 is 0 Å². The van der Waals surface area contributed by atoms with Crippen molar-refractivity contribution in [1.82, 2.24) is 4.90 Å². The highest BCUT2D eigenvalue weighted by Crippen LogP contribution is 2.51. The maximum atomic E-state index is 12.2. The van der Waals surface area contributed by atoms with E-state index in [-0.39, 0.29) is 17.6 Å². The lowest BCUT2D eigenvalue weighted by Gasteiger charge is -2.39. The molecule has 4 heteroatoms. The summed E-state index contributed by atoms with van der Waals surface area (Å²) in [5.74, 6) is 0. The molecule has 1 aliphatic heterocycles. The Bertz CT molecular complexity index is 341. The van der Waals surface area contributed by atoms with Gasteiger partial charge in [0.25, 0.3) is 0 Å². The van der Waals surface area contributed by atoms with E-state index in [9.17, 15) is 9.59 Å². The van der Waals surface area contributed by atoms with E-state index in [1.54, 1.807) is 4.90 Å². The molecule has 2 fully saturated rings. The molecule has 4 nitrogen and oxygen atoms in total. The zero-order chi connectivity index (χ0) is 13.4. The first kappa shape index (κ1) is 13.4. The van der Waals surface area contributed by atoms with Gasteiger partial charge in [-0.2, -0.15) is 0 Å². The molecule has 0 bridgehead atoms. The summed E-state index contributed by atoms with van der Waals surface area (Å²) in [5.41, 5.74) is -0.742. The number of hydrogen-bond donors (Lipinski definition) is 0. The standard InChI is InChI=1S/C14H23NO3/c1-13(2,3)18-12(17)15-9-5-4-6-11(15)14(10-16)7-8-14/h10-11H,4-9H2,1-3H3/t11-/m0/s1. The molecule has 2 rings (SSSR count). The van der Waals surface area contributed by atoms with Crippen LogP contribution in [0, 0.1) is 5.41 Å². The number of ether oxygens (including phenoxy) is 1. The Kier molecular flexibility index (Phi) is 3.39. The molecule has 0 spiro atoms. The number of carbonyl (C=O) groups excluding carboxylic acids is 2. The largest absolute Gasteiger partial charge is 0.444 e. The molecule has 0 aromatic heterocycles. The van der Waals surface area contributed by atoms with Gasteiger partial charge in [0.1, 0.15) is 11.9 Å². The monoisotopic (exact) mass is 253 g/mol. The van der Waals surface area contributed by atoms with E-state index in [1.165, 1.54) is 0 Å². The van der Waals surface area contributed by atoms with Crippen molar-refractivity contribution < 1.29 is 14.3 Å². The second-order valence-corrected chi connectivity index (χ2v) is 6.54. The van der Waals surface area contributed by atoms with Crippen molar-refractivity contribution in [3.63, 3.8) is 0 Å². The highest BCUT2D eigenvalue weighted by atomic mass is 16.6. The van der Waals surface area contributed by atoms with Crippen LogP contribution < -0.4 is 0 Å². The fourth-order valence-corrected chi connectivity index (χ4v) is 2.74. The van der Waals surface area contributed by atoms with Crippen LogP contribution in [0.5, 0.6) is 0 Å². The van der Waals surface area contributed by atoms with Gasteiger partial charge in [0.05, 0.1) is 0 Å². The third-order valence-electron chi connectivity index (χ3n) is 3.86. The van der Waals surface area contributed by atoms with Gasteiger partial charge in [0.2, 0.25) is 0 Å². The Morgan fingerprint density at radius 3 is 2.50 bits per heavy atom. The van der Waals surface area contributed by atoms with Gasteiger partial charge >= 0.3 is 6.09 Å². The second-order valence-electron chi connectivity index (χ2n) is 6.54. The number of rotatable bonds is 2. The summed E-state index contributed by atoms with van der Waals surface area (Å²) in [7, 11) is 0. The third-order valence-corrected chi connectivity index (χ3v) is 3.86. The maximum Gasteiger partial charge on any atom is 0.410 e. The number of carbonyl (C=O) groups is 2. The Labute approximate surface area is 109 Å². The minimum Gasteiger partial charge on any atom is -0.444 e. The van der Waals surface area contributed by atoms with Crippen LogP contribution in [0.15, 0.2) is 0 Å². The summed E-state index contributed by atoms with van der Waals surface area (Å²) in [6, 6.07) is 0.0543. The van der Waals surface area contributed by atoms with E-state index in [0.717, 1.165) is 44.9 Å². The molecule has 18 heavy (non-hydrogen) atoms. The third kappa shape index (κ3) is 2.68. The molecule has 102 valence electrons. The van der Waals surface area contributed by atoms with E-state index < -0.39 is 5.60 Å². The van der Waals surface area contributed by atoms with Gasteiger partial charge in [-0.3, -0.25) is 0 Å². The van der Waals surface area contributed by atoms with Crippen molar-refractivity contribution in [3.05, 3.63) is 0 Å². The normalized spacial score (nSPS) is 26.6. The van der Waals surface area contributed by atoms with E-state index in [0.29, 0.717) is 0 Å². The van der Waals surface area contributed by atoms with E-state index in [4.69, 9.17) is 4.74 Å². The van der Waals surface area contributed by atoms with Gasteiger partial charge in [-0.1, -0.05) is 0 Å². The molecular weight excluding hydrogens is 230 g/mol. The lowest BCUT2D eigenvalue weighted by molar-refractivity contribution is -0.115. The van der Waals surface area contributed by atoms with Crippen LogP contribution in [0.2, 0.25) is 0 Å². The predicted molar refractivity (Wildman–Crippen MR) is 68.3 cm³/mol. The molecule has 0 radical (unpaired) electrons. The molecule has 2 aliphatic rings. The Morgan fingerprint density at radius 2 is 2.00 bits per heavy atom. The fourth-order valence-electron chi connectivity index (χ4n) is 2.74. The quantitative estimate of drug-likeness (QED) is 0.711. The molecule has 0 aromatic carbocycles. The van der Waals surface area contributed by atoms with Crippen molar-refractivity contribution in [2.75, 3.05) is 6.54 Å². The van der Waals surface area contributed by atoms with Gasteiger partial charge in [0.15, 0.2) is 0 Å². The van der Waals surface area contributed by atoms with Gasteiger partial charge in [0, 0.05) is 18.0 Å². The summed E-state index contributed by atoms with van der Waals surface area (Å²) >= 11 is 0. The molecule has 0 aromatic rings. The van der Waals surface area contributed by atoms with Crippen LogP contribution in [0.1, 0.15) is 52.9 Å². The van der Waals surface area contributed by atoms with Crippen molar-refractivity contribution in [1.29, 1.82) is 0 Å². The first-order valence-corrected chi connectivity index (χ1v) is 6.84. The van der Waals surface area contributed by atoms with Crippen LogP contribution >= 0.6 is 0 Å². The zero-order valence-electron chi connectivity index (χ0n) is 11.6. The van der Waals surface area contributed by atoms with Crippen LogP contribution in [-0.2, 0) is 9.53 Å². The molecular formula is C14H23NO3. The molecule has 1 saturated carbocycles. The maximum absolute atomic E-state index is 12.2. The smallest absolute Gasteiger partial charge is 0.410 e. The van der Waals surface area contributed by atoms with Crippen molar-refractivity contribution in [2.24, 2.45) is 5.41 Å². The number of piperidine rings is 1. The minimum absolute atomic E-state index is 0.0543. The number of amides is 1. The summed E-state index contributed by atoms with van der Waals surface area (Å²) in [5, 5.41) is 0. The lowest BCUT2D eigenvalue weighted by atomic mass is 9.89. The summed E-state index contributed by atoms with van der Waals surface area (Å²) in [6.07, 6.45) is 5.66. The molecule has 0 N–H and O–H groups in total. The number of likely N-dealkylation sites (tertiary alicyclic amines) is 1. The highest BCUT2D eigenvalue weighted by Gasteiger charge is 2.53. The Hall–Kier alpha value is -1.06. The van der Waals surface area contributed by atoms with Gasteiger partial charge in [-0.05, 0) is 52.9 Å². The van der Waals surface area contributed by atoms with E-state index in [2.05, 4.69) is 0 Å². The van der Waals surface area contributed by atoms with Crippen LogP contribution in [-0.4, -0.2) is 35.5 Å². The zero-order valence-corrected chi connectivity index (χ0v) is 11.6. The first-order valence-electron chi connectivity index (χ1n) is 6.84. The van der Waals surface area contributed by atoms with Gasteiger partial charge in [-0.15, -0.1) is 0 Å². The van der Waals surface area contributed by atoms with Crippen molar-refractivity contribution >= 4 is 12.4 Å². The lowest BCUT2D eigenvalue weighted by Crippen LogP contribution is -2.50. The molecule has 1 heterocycles. The molecule has 1 amide bonds. The average molecular weight is 253 g/mol. The molecule has 0 unspecified atom stereocenters. The fraction of sp³-hybridized carbons (Fsp3) is 0.857. The summed E-state index contributed by atoms with van der Waals surface area (Å²) in [4.78, 5) is 25.3. The minimum atomic E-state index is -0.475. The summed E-state index contributed by atoms with van der Waals surface area (Å²) in [6.45, 7) is 6.33. The Morgan fingerprint density at radius 1 is 1.33 bits per heavy atom. The van der Waals surface area contributed by atoms with Crippen LogP contribution in [0.4, 0.5) is 4.79 Å².